The van der Waals surface area contributed by atoms with Crippen molar-refractivity contribution in [1.82, 2.24) is 10.2 Å². The zero-order valence-corrected chi connectivity index (χ0v) is 4.18. The van der Waals surface area contributed by atoms with E-state index in [0.29, 0.717) is 0 Å². The third-order valence-electron chi connectivity index (χ3n) is 0.853. The third kappa shape index (κ3) is 0.826. The van der Waals surface area contributed by atoms with Gasteiger partial charge in [0.1, 0.15) is 0 Å². The van der Waals surface area contributed by atoms with E-state index in [1.807, 2.05) is 20.3 Å². The van der Waals surface area contributed by atoms with Crippen molar-refractivity contribution in [2.45, 2.75) is 6.82 Å². The Labute approximate surface area is 43.2 Å². The van der Waals surface area contributed by atoms with Crippen LogP contribution in [-0.2, 0) is 0 Å². The van der Waals surface area contributed by atoms with Gasteiger partial charge in [-0.05, 0) is 0 Å². The van der Waals surface area contributed by atoms with Crippen LogP contribution in [0.2, 0.25) is 6.82 Å². The second-order valence-electron chi connectivity index (χ2n) is 1.32. The SMILES string of the molecule is C[B]c1cn[nH]c1. The highest BCUT2D eigenvalue weighted by atomic mass is 15.1. The van der Waals surface area contributed by atoms with Crippen LogP contribution in [0, 0.1) is 0 Å². The molecule has 35 valence electrons. The average Bonchev–Trinajstić information content (AvgIpc) is 2.14. The molecule has 0 aromatic carbocycles. The molecule has 0 aliphatic heterocycles. The number of rotatable bonds is 1. The third-order valence-corrected chi connectivity index (χ3v) is 0.853. The summed E-state index contributed by atoms with van der Waals surface area (Å²) in [4.78, 5) is 0. The lowest BCUT2D eigenvalue weighted by Crippen LogP contribution is -2.05. The second-order valence-corrected chi connectivity index (χ2v) is 1.32. The topological polar surface area (TPSA) is 28.7 Å². The van der Waals surface area contributed by atoms with E-state index in [-0.39, 0.29) is 0 Å². The summed E-state index contributed by atoms with van der Waals surface area (Å²) in [5.41, 5.74) is 1.14. The highest BCUT2D eigenvalue weighted by molar-refractivity contribution is 6.51. The van der Waals surface area contributed by atoms with Crippen molar-refractivity contribution < 1.29 is 0 Å². The fourth-order valence-electron chi connectivity index (χ4n) is 0.419. The first kappa shape index (κ1) is 4.43. The minimum Gasteiger partial charge on any atom is -0.286 e. The van der Waals surface area contributed by atoms with E-state index in [2.05, 4.69) is 10.2 Å². The predicted molar refractivity (Wildman–Crippen MR) is 29.8 cm³/mol. The number of aromatic amines is 1. The molecule has 0 saturated heterocycles. The first-order chi connectivity index (χ1) is 3.43. The van der Waals surface area contributed by atoms with Gasteiger partial charge in [-0.25, -0.2) is 0 Å². The average molecular weight is 92.9 g/mol. The van der Waals surface area contributed by atoms with E-state index in [1.165, 1.54) is 0 Å². The van der Waals surface area contributed by atoms with E-state index in [9.17, 15) is 0 Å². The number of nitrogens with zero attached hydrogens (tertiary/aromatic N) is 1. The number of nitrogens with one attached hydrogen (secondary N) is 1. The molecule has 0 saturated carbocycles. The number of H-pyrrole nitrogens is 1. The molecular weight excluding hydrogens is 86.9 g/mol. The molecule has 1 rings (SSSR count). The molecule has 1 N–H and O–H groups in total. The van der Waals surface area contributed by atoms with Crippen LogP contribution in [0.15, 0.2) is 12.4 Å². The molecule has 1 heterocycles. The van der Waals surface area contributed by atoms with Gasteiger partial charge in [0.05, 0.1) is 0 Å². The fourth-order valence-corrected chi connectivity index (χ4v) is 0.419. The standard InChI is InChI=1S/C4H6BN2/c1-5-4-2-6-7-3-4/h2-3H,1H3,(H,6,7). The van der Waals surface area contributed by atoms with Crippen molar-refractivity contribution in [3.8, 4) is 0 Å². The molecule has 0 aliphatic rings. The van der Waals surface area contributed by atoms with Gasteiger partial charge in [0.25, 0.3) is 0 Å². The molecule has 0 fully saturated rings. The summed E-state index contributed by atoms with van der Waals surface area (Å²) in [5.74, 6) is 0. The van der Waals surface area contributed by atoms with Crippen molar-refractivity contribution in [3.05, 3.63) is 12.4 Å². The van der Waals surface area contributed by atoms with Crippen LogP contribution in [0.4, 0.5) is 0 Å². The molecule has 3 heteroatoms. The Kier molecular flexibility index (Phi) is 1.15. The number of hydrogen-bond acceptors (Lipinski definition) is 1. The monoisotopic (exact) mass is 93.1 g/mol. The van der Waals surface area contributed by atoms with Crippen LogP contribution in [0.25, 0.3) is 0 Å². The Morgan fingerprint density at radius 2 is 2.71 bits per heavy atom. The minimum atomic E-state index is 1.14. The molecule has 0 spiro atoms. The van der Waals surface area contributed by atoms with E-state index in [1.54, 1.807) is 6.20 Å². The van der Waals surface area contributed by atoms with Gasteiger partial charge < -0.3 is 0 Å². The normalized spacial score (nSPS) is 8.71. The molecule has 0 atom stereocenters. The summed E-state index contributed by atoms with van der Waals surface area (Å²) in [7, 11) is 1.99. The Morgan fingerprint density at radius 1 is 1.86 bits per heavy atom. The van der Waals surface area contributed by atoms with Crippen LogP contribution in [0.1, 0.15) is 0 Å². The maximum absolute atomic E-state index is 3.74. The van der Waals surface area contributed by atoms with E-state index in [0.717, 1.165) is 5.46 Å². The quantitative estimate of drug-likeness (QED) is 0.478. The van der Waals surface area contributed by atoms with Gasteiger partial charge in [-0.1, -0.05) is 12.3 Å². The molecule has 7 heavy (non-hydrogen) atoms. The van der Waals surface area contributed by atoms with E-state index < -0.39 is 0 Å². The summed E-state index contributed by atoms with van der Waals surface area (Å²) < 4.78 is 0. The summed E-state index contributed by atoms with van der Waals surface area (Å²) in [5, 5.41) is 6.44. The lowest BCUT2D eigenvalue weighted by molar-refractivity contribution is 1.09. The molecule has 1 aromatic rings. The summed E-state index contributed by atoms with van der Waals surface area (Å²) >= 11 is 0. The van der Waals surface area contributed by atoms with Crippen LogP contribution in [0.3, 0.4) is 0 Å². The highest BCUT2D eigenvalue weighted by Crippen LogP contribution is 1.66. The molecule has 0 bridgehead atoms. The first-order valence-electron chi connectivity index (χ1n) is 2.21. The van der Waals surface area contributed by atoms with Crippen LogP contribution < -0.4 is 5.46 Å². The lowest BCUT2D eigenvalue weighted by Gasteiger charge is -1.73. The number of hydrogen-bond donors (Lipinski definition) is 1. The summed E-state index contributed by atoms with van der Waals surface area (Å²) in [6.45, 7) is 1.98. The fraction of sp³-hybridized carbons (Fsp3) is 0.250. The molecule has 0 aliphatic carbocycles. The van der Waals surface area contributed by atoms with Crippen molar-refractivity contribution in [2.24, 2.45) is 0 Å². The van der Waals surface area contributed by atoms with Crippen molar-refractivity contribution in [2.75, 3.05) is 0 Å². The van der Waals surface area contributed by atoms with Crippen molar-refractivity contribution >= 4 is 12.7 Å². The Morgan fingerprint density at radius 3 is 3.00 bits per heavy atom. The zero-order valence-electron chi connectivity index (χ0n) is 4.18. The maximum Gasteiger partial charge on any atom is 0.152 e. The Hall–Kier alpha value is -0.725. The molecule has 1 radical (unpaired) electrons. The smallest absolute Gasteiger partial charge is 0.152 e. The molecule has 0 amide bonds. The van der Waals surface area contributed by atoms with Gasteiger partial charge in [-0.2, -0.15) is 5.10 Å². The van der Waals surface area contributed by atoms with Crippen LogP contribution in [-0.4, -0.2) is 17.5 Å². The van der Waals surface area contributed by atoms with Gasteiger partial charge >= 0.3 is 0 Å². The van der Waals surface area contributed by atoms with Gasteiger partial charge in [0.15, 0.2) is 7.28 Å². The minimum absolute atomic E-state index is 1.14. The predicted octanol–water partition coefficient (Wildman–Crippen LogP) is -0.213. The summed E-state index contributed by atoms with van der Waals surface area (Å²) in [6, 6.07) is 0. The van der Waals surface area contributed by atoms with Gasteiger partial charge in [0, 0.05) is 12.4 Å². The Bertz CT molecular complexity index is 124. The largest absolute Gasteiger partial charge is 0.286 e. The van der Waals surface area contributed by atoms with Gasteiger partial charge in [-0.3, -0.25) is 5.10 Å². The van der Waals surface area contributed by atoms with Gasteiger partial charge in [-0.15, -0.1) is 0 Å². The van der Waals surface area contributed by atoms with Crippen molar-refractivity contribution in [3.63, 3.8) is 0 Å². The highest BCUT2D eigenvalue weighted by Gasteiger charge is 1.84. The second kappa shape index (κ2) is 1.82. The zero-order chi connectivity index (χ0) is 5.11. The number of aromatic nitrogens is 2. The van der Waals surface area contributed by atoms with Gasteiger partial charge in [0.2, 0.25) is 0 Å². The first-order valence-corrected chi connectivity index (χ1v) is 2.21. The van der Waals surface area contributed by atoms with Crippen LogP contribution >= 0.6 is 0 Å². The van der Waals surface area contributed by atoms with E-state index in [4.69, 9.17) is 0 Å². The van der Waals surface area contributed by atoms with Crippen LogP contribution in [0.5, 0.6) is 0 Å². The molecular formula is C4H6BN2. The van der Waals surface area contributed by atoms with E-state index >= 15 is 0 Å². The maximum atomic E-state index is 3.74. The lowest BCUT2D eigenvalue weighted by atomic mass is 9.76. The summed E-state index contributed by atoms with van der Waals surface area (Å²) in [6.07, 6.45) is 3.62. The Balaban J connectivity index is 2.76. The van der Waals surface area contributed by atoms with Crippen molar-refractivity contribution in [1.29, 1.82) is 0 Å². The molecule has 1 aromatic heterocycles. The molecule has 0 unspecified atom stereocenters. The molecule has 2 nitrogen and oxygen atoms in total.